The van der Waals surface area contributed by atoms with E-state index in [1.54, 1.807) is 6.92 Å². The lowest BCUT2D eigenvalue weighted by atomic mass is 10.1. The first kappa shape index (κ1) is 17.2. The van der Waals surface area contributed by atoms with Crippen LogP contribution >= 0.6 is 0 Å². The number of aromatic nitrogens is 1. The second-order valence-electron chi connectivity index (χ2n) is 4.97. The lowest BCUT2D eigenvalue weighted by Crippen LogP contribution is -2.34. The van der Waals surface area contributed by atoms with E-state index in [0.29, 0.717) is 25.6 Å². The van der Waals surface area contributed by atoms with Crippen molar-refractivity contribution in [3.8, 4) is 11.3 Å². The Balaban J connectivity index is 1.77. The molecule has 0 fully saturated rings. The zero-order chi connectivity index (χ0) is 16.5. The Morgan fingerprint density at radius 2 is 2.09 bits per heavy atom. The third kappa shape index (κ3) is 5.50. The average Bonchev–Trinajstić information content (AvgIpc) is 3.06. The van der Waals surface area contributed by atoms with E-state index in [4.69, 9.17) is 14.0 Å². The number of carbonyl (C=O) groups is 1. The van der Waals surface area contributed by atoms with Gasteiger partial charge in [-0.25, -0.2) is 0 Å². The van der Waals surface area contributed by atoms with Crippen molar-refractivity contribution < 1.29 is 18.8 Å². The minimum atomic E-state index is -0.535. The van der Waals surface area contributed by atoms with E-state index in [2.05, 4.69) is 10.5 Å². The number of nitrogens with one attached hydrogen (secondary N) is 1. The molecule has 0 aliphatic heterocycles. The highest BCUT2D eigenvalue weighted by atomic mass is 16.5. The van der Waals surface area contributed by atoms with E-state index in [0.717, 1.165) is 11.3 Å². The first-order valence-corrected chi connectivity index (χ1v) is 7.68. The monoisotopic (exact) mass is 318 g/mol. The van der Waals surface area contributed by atoms with Crippen LogP contribution in [0.1, 0.15) is 19.6 Å². The van der Waals surface area contributed by atoms with Crippen LogP contribution in [0.15, 0.2) is 40.9 Å². The molecule has 0 spiro atoms. The summed E-state index contributed by atoms with van der Waals surface area (Å²) in [6.45, 7) is 5.41. The molecule has 1 amide bonds. The smallest absolute Gasteiger partial charge is 0.249 e. The molecule has 0 saturated heterocycles. The van der Waals surface area contributed by atoms with E-state index in [-0.39, 0.29) is 12.5 Å². The molecule has 2 aromatic rings. The second-order valence-corrected chi connectivity index (χ2v) is 4.97. The van der Waals surface area contributed by atoms with Crippen molar-refractivity contribution >= 4 is 5.91 Å². The van der Waals surface area contributed by atoms with Gasteiger partial charge in [0, 0.05) is 18.2 Å². The molecule has 6 heteroatoms. The molecule has 1 N–H and O–H groups in total. The highest BCUT2D eigenvalue weighted by Crippen LogP contribution is 2.18. The van der Waals surface area contributed by atoms with E-state index < -0.39 is 6.10 Å². The summed E-state index contributed by atoms with van der Waals surface area (Å²) < 4.78 is 15.8. The maximum absolute atomic E-state index is 11.9. The molecule has 0 bridgehead atoms. The van der Waals surface area contributed by atoms with Gasteiger partial charge in [0.2, 0.25) is 5.91 Å². The quantitative estimate of drug-likeness (QED) is 0.719. The van der Waals surface area contributed by atoms with Crippen LogP contribution in [0.2, 0.25) is 0 Å². The lowest BCUT2D eigenvalue weighted by molar-refractivity contribution is -0.132. The van der Waals surface area contributed by atoms with Gasteiger partial charge < -0.3 is 19.3 Å². The van der Waals surface area contributed by atoms with Crippen LogP contribution in [0.25, 0.3) is 11.3 Å². The summed E-state index contributed by atoms with van der Waals surface area (Å²) in [5.74, 6) is 0.401. The molecule has 6 nitrogen and oxygen atoms in total. The van der Waals surface area contributed by atoms with Crippen molar-refractivity contribution in [3.63, 3.8) is 0 Å². The highest BCUT2D eigenvalue weighted by Gasteiger charge is 2.14. The minimum Gasteiger partial charge on any atom is -0.379 e. The summed E-state index contributed by atoms with van der Waals surface area (Å²) in [6.07, 6.45) is -0.535. The molecule has 23 heavy (non-hydrogen) atoms. The first-order valence-electron chi connectivity index (χ1n) is 7.68. The molecule has 124 valence electrons. The Morgan fingerprint density at radius 3 is 2.83 bits per heavy atom. The fourth-order valence-electron chi connectivity index (χ4n) is 1.96. The van der Waals surface area contributed by atoms with Crippen LogP contribution < -0.4 is 5.32 Å². The summed E-state index contributed by atoms with van der Waals surface area (Å²) in [5.41, 5.74) is 1.72. The predicted octanol–water partition coefficient (Wildman–Crippen LogP) is 2.40. The largest absolute Gasteiger partial charge is 0.379 e. The molecule has 1 heterocycles. The summed E-state index contributed by atoms with van der Waals surface area (Å²) in [5, 5.41) is 6.77. The topological polar surface area (TPSA) is 73.6 Å². The molecule has 0 aliphatic carbocycles. The van der Waals surface area contributed by atoms with Crippen LogP contribution in [0.4, 0.5) is 0 Å². The molecule has 1 unspecified atom stereocenters. The van der Waals surface area contributed by atoms with E-state index >= 15 is 0 Å². The Morgan fingerprint density at radius 1 is 1.30 bits per heavy atom. The molecule has 0 saturated carbocycles. The fraction of sp³-hybridized carbons (Fsp3) is 0.412. The third-order valence-corrected chi connectivity index (χ3v) is 3.23. The second kappa shape index (κ2) is 9.07. The summed E-state index contributed by atoms with van der Waals surface area (Å²) >= 11 is 0. The summed E-state index contributed by atoms with van der Waals surface area (Å²) in [6, 6.07) is 11.5. The molecule has 1 aromatic heterocycles. The number of hydrogen-bond acceptors (Lipinski definition) is 5. The van der Waals surface area contributed by atoms with Gasteiger partial charge in [-0.1, -0.05) is 35.5 Å². The van der Waals surface area contributed by atoms with Gasteiger partial charge >= 0.3 is 0 Å². The highest BCUT2D eigenvalue weighted by molar-refractivity contribution is 5.80. The zero-order valence-corrected chi connectivity index (χ0v) is 13.5. The minimum absolute atomic E-state index is 0.195. The van der Waals surface area contributed by atoms with Crippen molar-refractivity contribution in [2.45, 2.75) is 26.5 Å². The third-order valence-electron chi connectivity index (χ3n) is 3.23. The van der Waals surface area contributed by atoms with Crippen molar-refractivity contribution in [3.05, 3.63) is 42.2 Å². The van der Waals surface area contributed by atoms with Gasteiger partial charge in [0.25, 0.3) is 0 Å². The molecular weight excluding hydrogens is 296 g/mol. The Hall–Kier alpha value is -2.18. The van der Waals surface area contributed by atoms with Crippen LogP contribution in [0, 0.1) is 0 Å². The van der Waals surface area contributed by atoms with Gasteiger partial charge in [0.1, 0.15) is 11.8 Å². The van der Waals surface area contributed by atoms with Crippen molar-refractivity contribution in [2.24, 2.45) is 0 Å². The Kier molecular flexibility index (Phi) is 6.77. The van der Waals surface area contributed by atoms with Crippen LogP contribution in [0.3, 0.4) is 0 Å². The average molecular weight is 318 g/mol. The molecule has 0 aliphatic rings. The summed E-state index contributed by atoms with van der Waals surface area (Å²) in [4.78, 5) is 11.9. The number of nitrogens with zero attached hydrogens (tertiary/aromatic N) is 1. The van der Waals surface area contributed by atoms with Crippen LogP contribution in [0.5, 0.6) is 0 Å². The van der Waals surface area contributed by atoms with Crippen molar-refractivity contribution in [2.75, 3.05) is 19.8 Å². The van der Waals surface area contributed by atoms with Gasteiger partial charge in [-0.3, -0.25) is 4.79 Å². The normalized spacial score (nSPS) is 12.1. The Bertz CT molecular complexity index is 598. The van der Waals surface area contributed by atoms with Gasteiger partial charge in [0.15, 0.2) is 5.76 Å². The maximum atomic E-state index is 11.9. The van der Waals surface area contributed by atoms with Crippen LogP contribution in [-0.4, -0.2) is 37.0 Å². The number of amides is 1. The summed E-state index contributed by atoms with van der Waals surface area (Å²) in [7, 11) is 0. The number of hydrogen-bond donors (Lipinski definition) is 1. The maximum Gasteiger partial charge on any atom is 0.249 e. The standard InChI is InChI=1S/C17H22N2O4/c1-3-21-9-10-22-13(2)17(20)18-12-15-11-16(19-23-15)14-7-5-4-6-8-14/h4-8,11,13H,3,9-10,12H2,1-2H3,(H,18,20). The molecular formula is C17H22N2O4. The van der Waals surface area contributed by atoms with E-state index in [9.17, 15) is 4.79 Å². The number of carbonyl (C=O) groups excluding carboxylic acids is 1. The fourth-order valence-corrected chi connectivity index (χ4v) is 1.96. The SMILES string of the molecule is CCOCCOC(C)C(=O)NCc1cc(-c2ccccc2)no1. The number of rotatable bonds is 9. The van der Waals surface area contributed by atoms with Gasteiger partial charge in [0.05, 0.1) is 19.8 Å². The van der Waals surface area contributed by atoms with Gasteiger partial charge in [-0.15, -0.1) is 0 Å². The molecule has 1 atom stereocenters. The first-order chi connectivity index (χ1) is 11.2. The van der Waals surface area contributed by atoms with Crippen LogP contribution in [-0.2, 0) is 20.8 Å². The Labute approximate surface area is 135 Å². The number of benzene rings is 1. The van der Waals surface area contributed by atoms with E-state index in [1.807, 2.05) is 43.3 Å². The van der Waals surface area contributed by atoms with Gasteiger partial charge in [-0.2, -0.15) is 0 Å². The molecule has 2 rings (SSSR count). The zero-order valence-electron chi connectivity index (χ0n) is 13.5. The van der Waals surface area contributed by atoms with Crippen molar-refractivity contribution in [1.82, 2.24) is 10.5 Å². The predicted molar refractivity (Wildman–Crippen MR) is 85.7 cm³/mol. The van der Waals surface area contributed by atoms with Crippen molar-refractivity contribution in [1.29, 1.82) is 0 Å². The van der Waals surface area contributed by atoms with Gasteiger partial charge in [-0.05, 0) is 13.8 Å². The molecule has 1 aromatic carbocycles. The lowest BCUT2D eigenvalue weighted by Gasteiger charge is -2.12. The molecule has 0 radical (unpaired) electrons. The van der Waals surface area contributed by atoms with E-state index in [1.165, 1.54) is 0 Å². The number of ether oxygens (including phenoxy) is 2.